The Balaban J connectivity index is 2.96. The van der Waals surface area contributed by atoms with Crippen molar-refractivity contribution < 1.29 is 17.9 Å². The van der Waals surface area contributed by atoms with Crippen molar-refractivity contribution in [1.29, 1.82) is 0 Å². The minimum absolute atomic E-state index is 0.000602. The minimum Gasteiger partial charge on any atom is -0.493 e. The normalized spacial score (nSPS) is 11.6. The fourth-order valence-corrected chi connectivity index (χ4v) is 1.25. The van der Waals surface area contributed by atoms with Crippen molar-refractivity contribution in [2.75, 3.05) is 6.61 Å². The first kappa shape index (κ1) is 13.6. The predicted octanol–water partition coefficient (Wildman–Crippen LogP) is 4.30. The number of benzene rings is 1. The van der Waals surface area contributed by atoms with Gasteiger partial charge in [-0.1, -0.05) is 38.6 Å². The molecule has 94 valence electrons. The lowest BCUT2D eigenvalue weighted by Crippen LogP contribution is -2.12. The van der Waals surface area contributed by atoms with Crippen molar-refractivity contribution in [3.8, 4) is 5.75 Å². The van der Waals surface area contributed by atoms with E-state index in [0.717, 1.165) is 0 Å². The third-order valence-electron chi connectivity index (χ3n) is 2.13. The van der Waals surface area contributed by atoms with E-state index in [1.54, 1.807) is 6.07 Å². The number of alkyl halides is 3. The van der Waals surface area contributed by atoms with Crippen LogP contribution in [-0.4, -0.2) is 12.8 Å². The monoisotopic (exact) mass is 244 g/mol. The van der Waals surface area contributed by atoms with Crippen LogP contribution in [0.1, 0.15) is 19.4 Å². The molecule has 0 aliphatic rings. The van der Waals surface area contributed by atoms with Gasteiger partial charge in [0.1, 0.15) is 5.75 Å². The van der Waals surface area contributed by atoms with Gasteiger partial charge < -0.3 is 4.74 Å². The lowest BCUT2D eigenvalue weighted by atomic mass is 10.1. The van der Waals surface area contributed by atoms with Crippen LogP contribution >= 0.6 is 0 Å². The maximum absolute atomic E-state index is 12.6. The molecule has 1 aromatic carbocycles. The lowest BCUT2D eigenvalue weighted by molar-refractivity contribution is -0.0688. The van der Waals surface area contributed by atoms with Crippen LogP contribution in [-0.2, 0) is 0 Å². The Hall–Kier alpha value is -1.45. The number of hydrogen-bond donors (Lipinski definition) is 0. The van der Waals surface area contributed by atoms with Crippen molar-refractivity contribution in [1.82, 2.24) is 0 Å². The second kappa shape index (κ2) is 5.25. The highest BCUT2D eigenvalue weighted by atomic mass is 19.4. The van der Waals surface area contributed by atoms with E-state index in [9.17, 15) is 13.2 Å². The fraction of sp³-hybridized carbons (Fsp3) is 0.385. The Morgan fingerprint density at radius 2 is 1.88 bits per heavy atom. The van der Waals surface area contributed by atoms with Gasteiger partial charge in [-0.25, -0.2) is 0 Å². The molecule has 0 bridgehead atoms. The molecule has 4 heteroatoms. The maximum Gasteiger partial charge on any atom is 0.416 e. The van der Waals surface area contributed by atoms with Gasteiger partial charge in [0, 0.05) is 5.56 Å². The molecule has 0 heterocycles. The summed E-state index contributed by atoms with van der Waals surface area (Å²) in [6, 6.07) is 6.07. The summed E-state index contributed by atoms with van der Waals surface area (Å²) in [6.45, 7) is 7.32. The SMILES string of the molecule is C=C(c1ccccc1OCC(C)C)C(F)(F)F. The highest BCUT2D eigenvalue weighted by Gasteiger charge is 2.34. The minimum atomic E-state index is -4.43. The van der Waals surface area contributed by atoms with Crippen LogP contribution in [0.3, 0.4) is 0 Å². The molecule has 0 unspecified atom stereocenters. The molecule has 0 spiro atoms. The first-order chi connectivity index (χ1) is 7.82. The molecule has 0 saturated heterocycles. The van der Waals surface area contributed by atoms with E-state index in [1.807, 2.05) is 13.8 Å². The average molecular weight is 244 g/mol. The summed E-state index contributed by atoms with van der Waals surface area (Å²) in [5.74, 6) is 0.478. The molecule has 0 aliphatic carbocycles. The summed E-state index contributed by atoms with van der Waals surface area (Å²) in [6.07, 6.45) is -4.43. The van der Waals surface area contributed by atoms with E-state index in [2.05, 4.69) is 6.58 Å². The quantitative estimate of drug-likeness (QED) is 0.767. The molecular weight excluding hydrogens is 229 g/mol. The second-order valence-corrected chi connectivity index (χ2v) is 4.18. The van der Waals surface area contributed by atoms with Crippen molar-refractivity contribution in [2.45, 2.75) is 20.0 Å². The molecule has 0 amide bonds. The zero-order valence-electron chi connectivity index (χ0n) is 9.84. The Kier molecular flexibility index (Phi) is 4.21. The average Bonchev–Trinajstić information content (AvgIpc) is 2.24. The van der Waals surface area contributed by atoms with Crippen molar-refractivity contribution in [2.24, 2.45) is 5.92 Å². The number of halogens is 3. The van der Waals surface area contributed by atoms with Gasteiger partial charge >= 0.3 is 6.18 Å². The van der Waals surface area contributed by atoms with Crippen LogP contribution < -0.4 is 4.74 Å². The van der Waals surface area contributed by atoms with Gasteiger partial charge in [0.2, 0.25) is 0 Å². The van der Waals surface area contributed by atoms with Crippen molar-refractivity contribution >= 4 is 5.57 Å². The van der Waals surface area contributed by atoms with Crippen LogP contribution in [0.2, 0.25) is 0 Å². The molecule has 0 aliphatic heterocycles. The summed E-state index contributed by atoms with van der Waals surface area (Å²) in [4.78, 5) is 0. The smallest absolute Gasteiger partial charge is 0.416 e. The van der Waals surface area contributed by atoms with E-state index in [1.165, 1.54) is 18.2 Å². The van der Waals surface area contributed by atoms with Gasteiger partial charge in [-0.15, -0.1) is 0 Å². The summed E-state index contributed by atoms with van der Waals surface area (Å²) >= 11 is 0. The Labute approximate surface area is 98.9 Å². The van der Waals surface area contributed by atoms with Gasteiger partial charge in [0.05, 0.1) is 12.2 Å². The van der Waals surface area contributed by atoms with Gasteiger partial charge in [-0.2, -0.15) is 13.2 Å². The highest BCUT2D eigenvalue weighted by molar-refractivity contribution is 5.72. The van der Waals surface area contributed by atoms with E-state index in [4.69, 9.17) is 4.74 Å². The number of rotatable bonds is 4. The van der Waals surface area contributed by atoms with Gasteiger partial charge in [0.15, 0.2) is 0 Å². The zero-order valence-corrected chi connectivity index (χ0v) is 9.84. The first-order valence-corrected chi connectivity index (χ1v) is 5.30. The van der Waals surface area contributed by atoms with E-state index < -0.39 is 11.7 Å². The number of hydrogen-bond acceptors (Lipinski definition) is 1. The molecule has 0 fully saturated rings. The Morgan fingerprint density at radius 3 is 2.41 bits per heavy atom. The van der Waals surface area contributed by atoms with Crippen LogP contribution in [0.15, 0.2) is 30.8 Å². The molecule has 17 heavy (non-hydrogen) atoms. The number of para-hydroxylation sites is 1. The zero-order chi connectivity index (χ0) is 13.1. The topological polar surface area (TPSA) is 9.23 Å². The van der Waals surface area contributed by atoms with E-state index in [-0.39, 0.29) is 17.2 Å². The molecular formula is C13H15F3O. The third kappa shape index (κ3) is 3.80. The van der Waals surface area contributed by atoms with Crippen LogP contribution in [0.25, 0.3) is 5.57 Å². The predicted molar refractivity (Wildman–Crippen MR) is 61.9 cm³/mol. The first-order valence-electron chi connectivity index (χ1n) is 5.30. The fourth-order valence-electron chi connectivity index (χ4n) is 1.25. The summed E-state index contributed by atoms with van der Waals surface area (Å²) in [5, 5.41) is 0. The van der Waals surface area contributed by atoms with Crippen LogP contribution in [0.5, 0.6) is 5.75 Å². The van der Waals surface area contributed by atoms with Gasteiger partial charge in [-0.3, -0.25) is 0 Å². The molecule has 0 N–H and O–H groups in total. The molecule has 1 aromatic rings. The maximum atomic E-state index is 12.6. The van der Waals surface area contributed by atoms with Gasteiger partial charge in [0.25, 0.3) is 0 Å². The molecule has 0 atom stereocenters. The lowest BCUT2D eigenvalue weighted by Gasteiger charge is -2.16. The Morgan fingerprint density at radius 1 is 1.29 bits per heavy atom. The Bertz CT molecular complexity index is 394. The summed E-state index contributed by atoms with van der Waals surface area (Å²) in [7, 11) is 0. The van der Waals surface area contributed by atoms with Crippen molar-refractivity contribution in [3.63, 3.8) is 0 Å². The van der Waals surface area contributed by atoms with E-state index >= 15 is 0 Å². The molecule has 0 radical (unpaired) electrons. The molecule has 1 rings (SSSR count). The number of allylic oxidation sites excluding steroid dienone is 1. The highest BCUT2D eigenvalue weighted by Crippen LogP contribution is 2.36. The number of ether oxygens (including phenoxy) is 1. The van der Waals surface area contributed by atoms with Crippen LogP contribution in [0, 0.1) is 5.92 Å². The van der Waals surface area contributed by atoms with Crippen LogP contribution in [0.4, 0.5) is 13.2 Å². The summed E-state index contributed by atoms with van der Waals surface area (Å²) in [5.41, 5.74) is -0.877. The molecule has 0 aromatic heterocycles. The largest absolute Gasteiger partial charge is 0.493 e. The van der Waals surface area contributed by atoms with E-state index in [0.29, 0.717) is 6.61 Å². The summed E-state index contributed by atoms with van der Waals surface area (Å²) < 4.78 is 43.0. The molecule has 1 nitrogen and oxygen atoms in total. The standard InChI is InChI=1S/C13H15F3O/c1-9(2)8-17-12-7-5-4-6-11(12)10(3)13(14,15)16/h4-7,9H,3,8H2,1-2H3. The van der Waals surface area contributed by atoms with Crippen molar-refractivity contribution in [3.05, 3.63) is 36.4 Å². The third-order valence-corrected chi connectivity index (χ3v) is 2.13. The van der Waals surface area contributed by atoms with Gasteiger partial charge in [-0.05, 0) is 12.0 Å². The second-order valence-electron chi connectivity index (χ2n) is 4.18. The molecule has 0 saturated carbocycles.